The zero-order chi connectivity index (χ0) is 22.5. The molecular formula is C26H26N4O2. The van der Waals surface area contributed by atoms with Crippen molar-refractivity contribution in [3.05, 3.63) is 83.1 Å². The van der Waals surface area contributed by atoms with E-state index in [-0.39, 0.29) is 23.1 Å². The average Bonchev–Trinajstić information content (AvgIpc) is 3.18. The molecule has 2 aliphatic rings. The van der Waals surface area contributed by atoms with E-state index in [0.717, 1.165) is 28.1 Å². The van der Waals surface area contributed by atoms with Crippen LogP contribution in [-0.2, 0) is 4.79 Å². The number of nitrogens with zero attached hydrogens (tertiary/aromatic N) is 2. The van der Waals surface area contributed by atoms with Crippen molar-refractivity contribution >= 4 is 28.9 Å². The molecule has 1 unspecified atom stereocenters. The second kappa shape index (κ2) is 7.48. The van der Waals surface area contributed by atoms with Gasteiger partial charge in [0.15, 0.2) is 5.78 Å². The first-order valence-electron chi connectivity index (χ1n) is 10.9. The molecular weight excluding hydrogens is 400 g/mol. The third kappa shape index (κ3) is 3.51. The van der Waals surface area contributed by atoms with Gasteiger partial charge < -0.3 is 10.6 Å². The van der Waals surface area contributed by atoms with Gasteiger partial charge in [-0.2, -0.15) is 5.10 Å². The molecule has 0 radical (unpaired) electrons. The van der Waals surface area contributed by atoms with E-state index in [1.807, 2.05) is 61.5 Å². The van der Waals surface area contributed by atoms with Crippen LogP contribution in [0.2, 0.25) is 0 Å². The number of anilines is 2. The summed E-state index contributed by atoms with van der Waals surface area (Å²) in [4.78, 5) is 26.4. The molecule has 0 spiro atoms. The van der Waals surface area contributed by atoms with E-state index in [9.17, 15) is 9.59 Å². The highest BCUT2D eigenvalue weighted by molar-refractivity contribution is 6.10. The van der Waals surface area contributed by atoms with Gasteiger partial charge in [0.05, 0.1) is 17.9 Å². The number of amides is 1. The van der Waals surface area contributed by atoms with Gasteiger partial charge in [-0.25, -0.2) is 4.68 Å². The molecule has 0 saturated heterocycles. The highest BCUT2D eigenvalue weighted by atomic mass is 16.1. The fraction of sp³-hybridized carbons (Fsp3) is 0.269. The minimum atomic E-state index is -0.318. The van der Waals surface area contributed by atoms with Crippen molar-refractivity contribution in [2.24, 2.45) is 5.41 Å². The Morgan fingerprint density at radius 3 is 2.53 bits per heavy atom. The smallest absolute Gasteiger partial charge is 0.261 e. The molecule has 162 valence electrons. The van der Waals surface area contributed by atoms with Crippen molar-refractivity contribution in [2.75, 3.05) is 10.6 Å². The van der Waals surface area contributed by atoms with Crippen LogP contribution in [0.1, 0.15) is 54.2 Å². The summed E-state index contributed by atoms with van der Waals surface area (Å²) in [6, 6.07) is 17.2. The lowest BCUT2D eigenvalue weighted by atomic mass is 9.73. The number of hydrogen-bond acceptors (Lipinski definition) is 4. The van der Waals surface area contributed by atoms with Crippen LogP contribution in [0.4, 0.5) is 11.5 Å². The Bertz CT molecular complexity index is 1240. The van der Waals surface area contributed by atoms with E-state index in [2.05, 4.69) is 29.6 Å². The van der Waals surface area contributed by atoms with Crippen LogP contribution in [0, 0.1) is 12.3 Å². The molecule has 0 fully saturated rings. The second-order valence-corrected chi connectivity index (χ2v) is 9.43. The Kier molecular flexibility index (Phi) is 4.73. The summed E-state index contributed by atoms with van der Waals surface area (Å²) in [5, 5.41) is 10.9. The average molecular weight is 427 g/mol. The second-order valence-electron chi connectivity index (χ2n) is 9.43. The van der Waals surface area contributed by atoms with Crippen LogP contribution in [-0.4, -0.2) is 21.5 Å². The number of hydrogen-bond donors (Lipinski definition) is 2. The van der Waals surface area contributed by atoms with Gasteiger partial charge >= 0.3 is 0 Å². The quantitative estimate of drug-likeness (QED) is 0.603. The molecule has 5 rings (SSSR count). The maximum atomic E-state index is 13.3. The molecule has 0 bridgehead atoms. The maximum Gasteiger partial charge on any atom is 0.261 e. The number of aryl methyl sites for hydroxylation is 1. The number of Topliss-reactive ketones (excluding diaryl/α,β-unsaturated/α-hetero) is 1. The highest BCUT2D eigenvalue weighted by Gasteiger charge is 2.42. The monoisotopic (exact) mass is 426 g/mol. The fourth-order valence-corrected chi connectivity index (χ4v) is 4.61. The first kappa shape index (κ1) is 20.2. The van der Waals surface area contributed by atoms with Crippen LogP contribution in [0.15, 0.2) is 66.4 Å². The zero-order valence-corrected chi connectivity index (χ0v) is 18.5. The van der Waals surface area contributed by atoms with Gasteiger partial charge in [0, 0.05) is 17.7 Å². The molecule has 1 atom stereocenters. The van der Waals surface area contributed by atoms with E-state index < -0.39 is 0 Å². The van der Waals surface area contributed by atoms with Crippen molar-refractivity contribution < 1.29 is 9.59 Å². The normalized spacial score (nSPS) is 19.1. The molecule has 6 nitrogen and oxygen atoms in total. The van der Waals surface area contributed by atoms with Gasteiger partial charge in [-0.3, -0.25) is 9.59 Å². The largest absolute Gasteiger partial charge is 0.358 e. The molecule has 0 saturated carbocycles. The molecule has 1 aliphatic carbocycles. The van der Waals surface area contributed by atoms with Crippen molar-refractivity contribution in [1.29, 1.82) is 0 Å². The molecule has 32 heavy (non-hydrogen) atoms. The third-order valence-corrected chi connectivity index (χ3v) is 6.18. The lowest BCUT2D eigenvalue weighted by Gasteiger charge is -2.39. The topological polar surface area (TPSA) is 76.0 Å². The lowest BCUT2D eigenvalue weighted by molar-refractivity contribution is -0.118. The number of ketones is 1. The number of para-hydroxylation sites is 1. The van der Waals surface area contributed by atoms with Crippen LogP contribution < -0.4 is 10.6 Å². The van der Waals surface area contributed by atoms with Crippen LogP contribution in [0.25, 0.3) is 5.70 Å². The van der Waals surface area contributed by atoms with E-state index in [0.29, 0.717) is 24.2 Å². The summed E-state index contributed by atoms with van der Waals surface area (Å²) < 4.78 is 1.75. The van der Waals surface area contributed by atoms with E-state index in [1.54, 1.807) is 10.9 Å². The molecule has 1 aromatic heterocycles. The standard InChI is InChI=1S/C26H26N4O2/c1-16-9-11-17(12-10-16)23-22-20(13-26(2,3)14-21(22)31)30-24(29-23)19(15-27-30)25(32)28-18-7-5-4-6-8-18/h4-12,15,23,29H,13-14H2,1-3H3,(H,28,32). The first-order chi connectivity index (χ1) is 15.3. The van der Waals surface area contributed by atoms with Gasteiger partial charge in [0.2, 0.25) is 0 Å². The van der Waals surface area contributed by atoms with Gasteiger partial charge in [-0.1, -0.05) is 61.9 Å². The molecule has 6 heteroatoms. The number of nitrogens with one attached hydrogen (secondary N) is 2. The summed E-state index contributed by atoms with van der Waals surface area (Å²) >= 11 is 0. The van der Waals surface area contributed by atoms with Gasteiger partial charge in [0.1, 0.15) is 11.4 Å². The minimum absolute atomic E-state index is 0.130. The molecule has 2 heterocycles. The van der Waals surface area contributed by atoms with Gasteiger partial charge in [0.25, 0.3) is 5.91 Å². The number of carbonyl (C=O) groups excluding carboxylic acids is 2. The van der Waals surface area contributed by atoms with Crippen molar-refractivity contribution in [2.45, 2.75) is 39.7 Å². The molecule has 1 aliphatic heterocycles. The predicted molar refractivity (Wildman–Crippen MR) is 125 cm³/mol. The van der Waals surface area contributed by atoms with Crippen molar-refractivity contribution in [3.8, 4) is 0 Å². The van der Waals surface area contributed by atoms with Gasteiger partial charge in [-0.15, -0.1) is 0 Å². The number of aromatic nitrogens is 2. The van der Waals surface area contributed by atoms with Crippen molar-refractivity contribution in [1.82, 2.24) is 9.78 Å². The van der Waals surface area contributed by atoms with E-state index in [4.69, 9.17) is 0 Å². The summed E-state index contributed by atoms with van der Waals surface area (Å²) in [6.45, 7) is 6.24. The number of rotatable bonds is 3. The third-order valence-electron chi connectivity index (χ3n) is 6.18. The summed E-state index contributed by atoms with van der Waals surface area (Å²) in [7, 11) is 0. The van der Waals surface area contributed by atoms with Gasteiger partial charge in [-0.05, 0) is 36.5 Å². The molecule has 2 aromatic carbocycles. The lowest BCUT2D eigenvalue weighted by Crippen LogP contribution is -2.36. The highest BCUT2D eigenvalue weighted by Crippen LogP contribution is 2.47. The number of fused-ring (bicyclic) bond motifs is 2. The van der Waals surface area contributed by atoms with E-state index >= 15 is 0 Å². The fourth-order valence-electron chi connectivity index (χ4n) is 4.61. The molecule has 2 N–H and O–H groups in total. The van der Waals surface area contributed by atoms with Crippen molar-refractivity contribution in [3.63, 3.8) is 0 Å². The summed E-state index contributed by atoms with van der Waals surface area (Å²) in [6.07, 6.45) is 2.79. The number of benzene rings is 2. The maximum absolute atomic E-state index is 13.3. The zero-order valence-electron chi connectivity index (χ0n) is 18.5. The molecule has 1 amide bonds. The Labute approximate surface area is 187 Å². The Morgan fingerprint density at radius 1 is 1.09 bits per heavy atom. The first-order valence-corrected chi connectivity index (χ1v) is 10.9. The SMILES string of the molecule is Cc1ccc(C2Nc3c(C(=O)Nc4ccccc4)cnn3C3=C2C(=O)CC(C)(C)C3)cc1. The Morgan fingerprint density at radius 2 is 1.81 bits per heavy atom. The minimum Gasteiger partial charge on any atom is -0.358 e. The Hall–Kier alpha value is -3.67. The summed E-state index contributed by atoms with van der Waals surface area (Å²) in [5.74, 6) is 0.511. The molecule has 3 aromatic rings. The number of allylic oxidation sites excluding steroid dienone is 1. The van der Waals surface area contributed by atoms with Crippen LogP contribution >= 0.6 is 0 Å². The Balaban J connectivity index is 1.60. The van der Waals surface area contributed by atoms with E-state index in [1.165, 1.54) is 0 Å². The predicted octanol–water partition coefficient (Wildman–Crippen LogP) is 5.21. The van der Waals surface area contributed by atoms with Crippen LogP contribution in [0.3, 0.4) is 0 Å². The number of carbonyl (C=O) groups is 2. The summed E-state index contributed by atoms with van der Waals surface area (Å²) in [5.41, 5.74) is 4.79. The van der Waals surface area contributed by atoms with Crippen LogP contribution in [0.5, 0.6) is 0 Å².